The summed E-state index contributed by atoms with van der Waals surface area (Å²) in [6.07, 6.45) is 7.49. The molecule has 6 aromatic carbocycles. The van der Waals surface area contributed by atoms with Crippen molar-refractivity contribution in [2.75, 3.05) is 0 Å². The van der Waals surface area contributed by atoms with Gasteiger partial charge < -0.3 is 13.9 Å². The van der Waals surface area contributed by atoms with Crippen molar-refractivity contribution in [1.29, 1.82) is 0 Å². The average Bonchev–Trinajstić information content (AvgIpc) is 3.84. The van der Waals surface area contributed by atoms with Crippen LogP contribution in [0.1, 0.15) is 65.0 Å². The van der Waals surface area contributed by atoms with Crippen LogP contribution >= 0.6 is 0 Å². The van der Waals surface area contributed by atoms with Crippen molar-refractivity contribution >= 4 is 43.9 Å². The molecular formula is C57H50N4O. The highest BCUT2D eigenvalue weighted by atomic mass is 16.5. The fraction of sp³-hybridized carbons (Fsp3) is 0.193. The van der Waals surface area contributed by atoms with E-state index in [4.69, 9.17) is 14.7 Å². The lowest BCUT2D eigenvalue weighted by Gasteiger charge is -2.36. The molecule has 4 aromatic heterocycles. The van der Waals surface area contributed by atoms with E-state index in [9.17, 15) is 0 Å². The summed E-state index contributed by atoms with van der Waals surface area (Å²) < 4.78 is 12.2. The highest BCUT2D eigenvalue weighted by Crippen LogP contribution is 2.49. The number of fused-ring (bicyclic) bond motifs is 10. The van der Waals surface area contributed by atoms with Crippen molar-refractivity contribution in [3.63, 3.8) is 0 Å². The van der Waals surface area contributed by atoms with Gasteiger partial charge in [-0.05, 0) is 132 Å². The van der Waals surface area contributed by atoms with Crippen LogP contribution in [-0.4, -0.2) is 24.7 Å². The summed E-state index contributed by atoms with van der Waals surface area (Å²) in [5.74, 6) is 0.974. The largest absolute Gasteiger partial charge is 0.486 e. The zero-order valence-electron chi connectivity index (χ0n) is 36.1. The van der Waals surface area contributed by atoms with Crippen LogP contribution in [-0.2, 0) is 11.8 Å². The first-order valence-electron chi connectivity index (χ1n) is 22.2. The summed E-state index contributed by atoms with van der Waals surface area (Å²) in [6, 6.07) is 55.6. The minimum atomic E-state index is -0.468. The number of para-hydroxylation sites is 2. The van der Waals surface area contributed by atoms with Crippen molar-refractivity contribution in [3.8, 4) is 50.5 Å². The van der Waals surface area contributed by atoms with Crippen LogP contribution in [0.3, 0.4) is 0 Å². The molecule has 304 valence electrons. The van der Waals surface area contributed by atoms with Gasteiger partial charge in [0.25, 0.3) is 0 Å². The van der Waals surface area contributed by atoms with E-state index in [0.29, 0.717) is 0 Å². The molecule has 1 atom stereocenters. The molecule has 0 aliphatic carbocycles. The predicted octanol–water partition coefficient (Wildman–Crippen LogP) is 14.9. The average molecular weight is 807 g/mol. The lowest BCUT2D eigenvalue weighted by molar-refractivity contribution is 0.0857. The summed E-state index contributed by atoms with van der Waals surface area (Å²) in [4.78, 5) is 9.81. The first kappa shape index (κ1) is 38.0. The molecule has 5 nitrogen and oxygen atoms in total. The Balaban J connectivity index is 1.19. The molecule has 0 saturated carbocycles. The molecule has 0 radical (unpaired) electrons. The van der Waals surface area contributed by atoms with Gasteiger partial charge in [-0.15, -0.1) is 0 Å². The molecule has 0 spiro atoms. The van der Waals surface area contributed by atoms with Gasteiger partial charge in [0.05, 0.1) is 33.1 Å². The molecule has 1 aliphatic rings. The third kappa shape index (κ3) is 5.97. The molecule has 62 heavy (non-hydrogen) atoms. The number of benzene rings is 6. The van der Waals surface area contributed by atoms with Crippen molar-refractivity contribution in [2.24, 2.45) is 0 Å². The Labute approximate surface area is 363 Å². The third-order valence-corrected chi connectivity index (χ3v) is 14.1. The van der Waals surface area contributed by atoms with Crippen LogP contribution in [0.2, 0.25) is 0 Å². The number of nitrogens with zero attached hydrogens (tertiary/aromatic N) is 4. The minimum absolute atomic E-state index is 0.0270. The van der Waals surface area contributed by atoms with Gasteiger partial charge in [0, 0.05) is 52.1 Å². The van der Waals surface area contributed by atoms with E-state index in [0.717, 1.165) is 103 Å². The molecule has 11 rings (SSSR count). The molecule has 2 bridgehead atoms. The van der Waals surface area contributed by atoms with Crippen molar-refractivity contribution in [2.45, 2.75) is 71.3 Å². The number of pyridine rings is 2. The van der Waals surface area contributed by atoms with E-state index in [-0.39, 0.29) is 5.41 Å². The van der Waals surface area contributed by atoms with E-state index >= 15 is 0 Å². The Morgan fingerprint density at radius 2 is 1.10 bits per heavy atom. The summed E-state index contributed by atoms with van der Waals surface area (Å²) >= 11 is 0. The maximum absolute atomic E-state index is 7.44. The fourth-order valence-electron chi connectivity index (χ4n) is 10.00. The summed E-state index contributed by atoms with van der Waals surface area (Å²) in [7, 11) is 0. The zero-order chi connectivity index (χ0) is 42.2. The zero-order valence-corrected chi connectivity index (χ0v) is 36.1. The number of ether oxygens (including phenoxy) is 1. The molecule has 0 fully saturated rings. The van der Waals surface area contributed by atoms with E-state index < -0.39 is 5.60 Å². The third-order valence-electron chi connectivity index (χ3n) is 14.1. The van der Waals surface area contributed by atoms with Crippen molar-refractivity contribution in [3.05, 3.63) is 175 Å². The number of rotatable bonds is 8. The Kier molecular flexibility index (Phi) is 8.94. The Morgan fingerprint density at radius 3 is 1.68 bits per heavy atom. The fourth-order valence-corrected chi connectivity index (χ4v) is 10.00. The Morgan fingerprint density at radius 1 is 0.548 bits per heavy atom. The van der Waals surface area contributed by atoms with E-state index in [1.807, 2.05) is 24.5 Å². The van der Waals surface area contributed by atoms with Crippen molar-refractivity contribution < 1.29 is 4.74 Å². The lowest BCUT2D eigenvalue weighted by Crippen LogP contribution is -2.35. The van der Waals surface area contributed by atoms with Gasteiger partial charge in [-0.3, -0.25) is 9.97 Å². The molecule has 10 aromatic rings. The maximum Gasteiger partial charge on any atom is 0.135 e. The van der Waals surface area contributed by atoms with Crippen molar-refractivity contribution in [1.82, 2.24) is 19.1 Å². The highest BCUT2D eigenvalue weighted by Gasteiger charge is 2.34. The molecular weight excluding hydrogens is 757 g/mol. The number of hydrogen-bond acceptors (Lipinski definition) is 3. The number of aromatic nitrogens is 4. The van der Waals surface area contributed by atoms with Crippen LogP contribution in [0.25, 0.3) is 88.6 Å². The minimum Gasteiger partial charge on any atom is -0.486 e. The van der Waals surface area contributed by atoms with E-state index in [1.54, 1.807) is 0 Å². The predicted molar refractivity (Wildman–Crippen MR) is 258 cm³/mol. The van der Waals surface area contributed by atoms with Gasteiger partial charge in [-0.2, -0.15) is 0 Å². The SMILES string of the molecule is CCC1(C)Cc2cc(ccc2-c2cc(-n3c4ccccc4c4ncccc43)cc(-n3c4ccccc4c4ncccc43)c2)-c2cc(C(C)(CC)CC)cc(-c3ccccc3)c2O1. The normalized spacial score (nSPS) is 15.2. The van der Waals surface area contributed by atoms with Gasteiger partial charge in [0.15, 0.2) is 0 Å². The molecule has 5 heteroatoms. The summed E-state index contributed by atoms with van der Waals surface area (Å²) in [5, 5.41) is 2.27. The monoisotopic (exact) mass is 806 g/mol. The van der Waals surface area contributed by atoms with Gasteiger partial charge in [-0.25, -0.2) is 0 Å². The lowest BCUT2D eigenvalue weighted by atomic mass is 9.75. The number of hydrogen-bond donors (Lipinski definition) is 0. The van der Waals surface area contributed by atoms with E-state index in [2.05, 4.69) is 183 Å². The highest BCUT2D eigenvalue weighted by molar-refractivity contribution is 6.08. The summed E-state index contributed by atoms with van der Waals surface area (Å²) in [6.45, 7) is 11.6. The smallest absolute Gasteiger partial charge is 0.135 e. The second-order valence-corrected chi connectivity index (χ2v) is 17.7. The van der Waals surface area contributed by atoms with Crippen LogP contribution in [0, 0.1) is 0 Å². The second-order valence-electron chi connectivity index (χ2n) is 17.7. The molecule has 1 aliphatic heterocycles. The van der Waals surface area contributed by atoms with Crippen LogP contribution in [0.15, 0.2) is 164 Å². The van der Waals surface area contributed by atoms with Gasteiger partial charge >= 0.3 is 0 Å². The standard InChI is InChI=1S/C57H50N4O/c1-6-56(4,7-2)41-33-47(37-18-10-9-11-19-37)55-48(34-41)38-26-27-44(40(30-38)36-57(5,8-3)62-55)39-31-42(60-49-22-14-12-20-45(49)53-51(60)24-16-28-58-53)35-43(32-39)61-50-23-15-13-21-46(50)54-52(61)25-17-29-59-54/h9-35H,6-8,36H2,1-5H3. The first-order valence-corrected chi connectivity index (χ1v) is 22.2. The van der Waals surface area contributed by atoms with E-state index in [1.165, 1.54) is 27.8 Å². The van der Waals surface area contributed by atoms with Gasteiger partial charge in [0.2, 0.25) is 0 Å². The topological polar surface area (TPSA) is 44.9 Å². The molecule has 0 amide bonds. The van der Waals surface area contributed by atoms with Crippen LogP contribution < -0.4 is 4.74 Å². The molecule has 1 unspecified atom stereocenters. The Bertz CT molecular complexity index is 3110. The first-order chi connectivity index (χ1) is 30.3. The quantitative estimate of drug-likeness (QED) is 0.154. The Hall–Kier alpha value is -6.98. The molecule has 0 saturated heterocycles. The molecule has 0 N–H and O–H groups in total. The van der Waals surface area contributed by atoms with Gasteiger partial charge in [0.1, 0.15) is 11.4 Å². The second kappa shape index (κ2) is 14.6. The maximum atomic E-state index is 7.44. The van der Waals surface area contributed by atoms with Gasteiger partial charge in [-0.1, -0.05) is 113 Å². The van der Waals surface area contributed by atoms with Crippen LogP contribution in [0.5, 0.6) is 5.75 Å². The summed E-state index contributed by atoms with van der Waals surface area (Å²) in [5.41, 5.74) is 17.7. The van der Waals surface area contributed by atoms with Crippen LogP contribution in [0.4, 0.5) is 0 Å². The molecule has 5 heterocycles.